The highest BCUT2D eigenvalue weighted by molar-refractivity contribution is 5.71. The summed E-state index contributed by atoms with van der Waals surface area (Å²) in [5.74, 6) is 0. The fraction of sp³-hybridized carbons (Fsp3) is 0.385. The summed E-state index contributed by atoms with van der Waals surface area (Å²) in [4.78, 5) is 6.45. The van der Waals surface area contributed by atoms with Gasteiger partial charge in [0.25, 0.3) is 0 Å². The fourth-order valence-corrected chi connectivity index (χ4v) is 1.70. The Kier molecular flexibility index (Phi) is 7.49. The zero-order valence-corrected chi connectivity index (χ0v) is 11.8. The van der Waals surface area contributed by atoms with Crippen molar-refractivity contribution in [3.05, 3.63) is 40.3 Å². The number of hydrogen-bond acceptors (Lipinski definition) is 4. The van der Waals surface area contributed by atoms with Gasteiger partial charge in [0.15, 0.2) is 0 Å². The summed E-state index contributed by atoms with van der Waals surface area (Å²) in [5.41, 5.74) is 12.7. The number of nitrogens with zero attached hydrogens (tertiary/aromatic N) is 5. The van der Waals surface area contributed by atoms with Crippen molar-refractivity contribution in [2.45, 2.75) is 19.1 Å². The lowest BCUT2D eigenvalue weighted by molar-refractivity contribution is 0.0722. The molecule has 0 aliphatic rings. The Hall–Kier alpha value is -2.44. The smallest absolute Gasteiger partial charge is 0.135 e. The number of methoxy groups -OCH3 is 1. The maximum Gasteiger partial charge on any atom is 0.135 e. The van der Waals surface area contributed by atoms with Gasteiger partial charge in [-0.2, -0.15) is 5.10 Å². The van der Waals surface area contributed by atoms with Crippen LogP contribution in [-0.2, 0) is 4.74 Å². The van der Waals surface area contributed by atoms with Crippen molar-refractivity contribution in [3.8, 4) is 0 Å². The van der Waals surface area contributed by atoms with Crippen LogP contribution < -0.4 is 5.43 Å². The molecule has 0 amide bonds. The lowest BCUT2D eigenvalue weighted by atomic mass is 10.0. The minimum Gasteiger partial charge on any atom is -0.376 e. The van der Waals surface area contributed by atoms with Crippen LogP contribution in [0.25, 0.3) is 10.4 Å². The van der Waals surface area contributed by atoms with E-state index in [0.717, 1.165) is 5.69 Å². The molecule has 0 fully saturated rings. The van der Waals surface area contributed by atoms with E-state index < -0.39 is 18.8 Å². The topological polar surface area (TPSA) is 94.7 Å². The Morgan fingerprint density at radius 1 is 1.43 bits per heavy atom. The number of hydrogen-bond donors (Lipinski definition) is 1. The van der Waals surface area contributed by atoms with Gasteiger partial charge in [0, 0.05) is 18.2 Å². The van der Waals surface area contributed by atoms with E-state index in [1.165, 1.54) is 13.4 Å². The van der Waals surface area contributed by atoms with E-state index in [-0.39, 0.29) is 0 Å². The highest BCUT2D eigenvalue weighted by Gasteiger charge is 2.21. The number of aliphatic imine (C=N–C) groups is 1. The number of rotatable bonds is 8. The summed E-state index contributed by atoms with van der Waals surface area (Å²) in [6, 6.07) is 6.14. The van der Waals surface area contributed by atoms with E-state index in [9.17, 15) is 4.39 Å². The second kappa shape index (κ2) is 9.46. The van der Waals surface area contributed by atoms with Crippen LogP contribution in [0, 0.1) is 0 Å². The first-order chi connectivity index (χ1) is 10.3. The van der Waals surface area contributed by atoms with Gasteiger partial charge in [0.2, 0.25) is 0 Å². The summed E-state index contributed by atoms with van der Waals surface area (Å²) in [5, 5.41) is 7.28. The maximum absolute atomic E-state index is 12.9. The highest BCUT2D eigenvalue weighted by Crippen LogP contribution is 2.25. The average Bonchev–Trinajstić information content (AvgIpc) is 2.52. The largest absolute Gasteiger partial charge is 0.376 e. The number of nitrogens with one attached hydrogen (secondary N) is 1. The number of azide groups is 1. The number of hydrazone groups is 1. The molecule has 1 rings (SSSR count). The molecule has 0 aromatic heterocycles. The van der Waals surface area contributed by atoms with Crippen LogP contribution in [0.3, 0.4) is 0 Å². The van der Waals surface area contributed by atoms with Gasteiger partial charge >= 0.3 is 0 Å². The molecule has 112 valence electrons. The molecule has 0 bridgehead atoms. The molecule has 0 aliphatic heterocycles. The van der Waals surface area contributed by atoms with Gasteiger partial charge in [-0.1, -0.05) is 17.2 Å². The Morgan fingerprint density at radius 3 is 2.67 bits per heavy atom. The minimum absolute atomic E-state index is 0.631. The van der Waals surface area contributed by atoms with E-state index in [2.05, 4.69) is 25.5 Å². The van der Waals surface area contributed by atoms with Gasteiger partial charge in [-0.3, -0.25) is 9.82 Å². The first kappa shape index (κ1) is 16.6. The van der Waals surface area contributed by atoms with Crippen molar-refractivity contribution in [2.75, 3.05) is 19.2 Å². The number of benzene rings is 1. The molecule has 0 saturated heterocycles. The molecule has 0 saturated carbocycles. The molecule has 7 nitrogen and oxygen atoms in total. The Bertz CT molecular complexity index is 524. The summed E-state index contributed by atoms with van der Waals surface area (Å²) in [6.45, 7) is 0.999. The first-order valence-corrected chi connectivity index (χ1v) is 6.25. The summed E-state index contributed by atoms with van der Waals surface area (Å²) in [6.07, 6.45) is 2.37. The molecule has 0 radical (unpaired) electrons. The average molecular weight is 292 g/mol. The molecule has 0 heterocycles. The van der Waals surface area contributed by atoms with E-state index in [1.807, 2.05) is 0 Å². The molecular weight excluding hydrogens is 275 g/mol. The Labute approximate surface area is 122 Å². The van der Waals surface area contributed by atoms with Crippen LogP contribution in [0.15, 0.2) is 39.5 Å². The SMILES string of the molecule is CC=N/C=N\Nc1ccc([C@@H](OC)[C@@H](CF)N=[N+]=[N-])cc1. The van der Waals surface area contributed by atoms with Gasteiger partial charge in [-0.15, -0.1) is 0 Å². The van der Waals surface area contributed by atoms with E-state index >= 15 is 0 Å². The standard InChI is InChI=1S/C13H17FN6O/c1-3-16-9-17-18-11-6-4-10(5-7-11)13(21-2)12(8-14)19-20-15/h3-7,9,12-13,18H,8H2,1-2H3/b16-3?,17-9-/t12-,13-/m1/s1. The van der Waals surface area contributed by atoms with Crippen molar-refractivity contribution in [1.29, 1.82) is 0 Å². The van der Waals surface area contributed by atoms with Gasteiger partial charge in [0.05, 0.1) is 17.8 Å². The quantitative estimate of drug-likeness (QED) is 0.198. The van der Waals surface area contributed by atoms with Crippen LogP contribution in [0.1, 0.15) is 18.6 Å². The highest BCUT2D eigenvalue weighted by atomic mass is 19.1. The van der Waals surface area contributed by atoms with Crippen molar-refractivity contribution in [2.24, 2.45) is 15.2 Å². The van der Waals surface area contributed by atoms with Gasteiger partial charge in [0.1, 0.15) is 13.0 Å². The summed E-state index contributed by atoms with van der Waals surface area (Å²) < 4.78 is 18.1. The number of alkyl halides is 1. The van der Waals surface area contributed by atoms with Crippen LogP contribution in [0.2, 0.25) is 0 Å². The lowest BCUT2D eigenvalue weighted by Gasteiger charge is -2.20. The molecule has 0 spiro atoms. The second-order valence-corrected chi connectivity index (χ2v) is 3.97. The predicted octanol–water partition coefficient (Wildman–Crippen LogP) is 3.47. The number of ether oxygens (including phenoxy) is 1. The Morgan fingerprint density at radius 2 is 2.14 bits per heavy atom. The molecule has 1 aromatic rings. The molecular formula is C13H17FN6O. The second-order valence-electron chi connectivity index (χ2n) is 3.97. The molecule has 2 atom stereocenters. The molecule has 1 aromatic carbocycles. The van der Waals surface area contributed by atoms with Gasteiger partial charge in [-0.05, 0) is 30.2 Å². The van der Waals surface area contributed by atoms with Gasteiger partial charge < -0.3 is 4.74 Å². The molecule has 21 heavy (non-hydrogen) atoms. The molecule has 1 N–H and O–H groups in total. The summed E-state index contributed by atoms with van der Waals surface area (Å²) >= 11 is 0. The van der Waals surface area contributed by atoms with Gasteiger partial charge in [-0.25, -0.2) is 4.99 Å². The predicted molar refractivity (Wildman–Crippen MR) is 81.4 cm³/mol. The third kappa shape index (κ3) is 5.21. The van der Waals surface area contributed by atoms with E-state index in [1.54, 1.807) is 37.4 Å². The van der Waals surface area contributed by atoms with Crippen molar-refractivity contribution in [1.82, 2.24) is 0 Å². The Balaban J connectivity index is 2.81. The molecule has 0 unspecified atom stereocenters. The normalized spacial score (nSPS) is 14.0. The van der Waals surface area contributed by atoms with Crippen molar-refractivity contribution in [3.63, 3.8) is 0 Å². The number of halogens is 1. The zero-order chi connectivity index (χ0) is 15.5. The van der Waals surface area contributed by atoms with Crippen LogP contribution in [-0.4, -0.2) is 32.4 Å². The summed E-state index contributed by atoms with van der Waals surface area (Å²) in [7, 11) is 1.44. The first-order valence-electron chi connectivity index (χ1n) is 6.25. The molecule has 8 heteroatoms. The maximum atomic E-state index is 12.9. The van der Waals surface area contributed by atoms with Crippen LogP contribution in [0.4, 0.5) is 10.1 Å². The zero-order valence-electron chi connectivity index (χ0n) is 11.8. The minimum atomic E-state index is -0.893. The third-order valence-corrected chi connectivity index (χ3v) is 2.67. The van der Waals surface area contributed by atoms with Crippen molar-refractivity contribution >= 4 is 18.2 Å². The number of anilines is 1. The van der Waals surface area contributed by atoms with E-state index in [0.29, 0.717) is 5.56 Å². The molecule has 0 aliphatic carbocycles. The lowest BCUT2D eigenvalue weighted by Crippen LogP contribution is -2.20. The van der Waals surface area contributed by atoms with E-state index in [4.69, 9.17) is 10.3 Å². The fourth-order valence-electron chi connectivity index (χ4n) is 1.70. The monoisotopic (exact) mass is 292 g/mol. The van der Waals surface area contributed by atoms with Crippen molar-refractivity contribution < 1.29 is 9.13 Å². The third-order valence-electron chi connectivity index (χ3n) is 2.67. The van der Waals surface area contributed by atoms with Crippen LogP contribution in [0.5, 0.6) is 0 Å². The van der Waals surface area contributed by atoms with Crippen LogP contribution >= 0.6 is 0 Å².